The van der Waals surface area contributed by atoms with E-state index in [0.29, 0.717) is 6.42 Å². The van der Waals surface area contributed by atoms with Crippen LogP contribution in [0, 0.1) is 0 Å². The Bertz CT molecular complexity index is 873. The Labute approximate surface area is 194 Å². The van der Waals surface area contributed by atoms with Crippen LogP contribution < -0.4 is 5.73 Å². The molecule has 3 heterocycles. The lowest BCUT2D eigenvalue weighted by Gasteiger charge is -2.36. The van der Waals surface area contributed by atoms with Gasteiger partial charge in [0.25, 0.3) is 0 Å². The first kappa shape index (κ1) is 27.2. The average Bonchev–Trinajstić information content (AvgIpc) is 2.72. The molecule has 13 heteroatoms. The molecule has 8 nitrogen and oxygen atoms in total. The number of hydrogen-bond donors (Lipinski definition) is 2. The van der Waals surface area contributed by atoms with Crippen molar-refractivity contribution >= 4 is 24.2 Å². The summed E-state index contributed by atoms with van der Waals surface area (Å²) in [5.74, 6) is -0.771. The minimum Gasteiger partial charge on any atom is -0.370 e. The maximum absolute atomic E-state index is 13.7. The third kappa shape index (κ3) is 6.30. The van der Waals surface area contributed by atoms with Gasteiger partial charge in [0.15, 0.2) is 11.9 Å². The molecule has 33 heavy (non-hydrogen) atoms. The fraction of sp³-hybridized carbons (Fsp3) is 0.700. The summed E-state index contributed by atoms with van der Waals surface area (Å²) in [6.45, 7) is 1.57. The molecule has 2 aliphatic heterocycles. The quantitative estimate of drug-likeness (QED) is 0.579. The maximum atomic E-state index is 13.7. The van der Waals surface area contributed by atoms with Gasteiger partial charge in [0.2, 0.25) is 11.8 Å². The van der Waals surface area contributed by atoms with E-state index in [2.05, 4.69) is 9.97 Å². The third-order valence-corrected chi connectivity index (χ3v) is 5.67. The molecule has 3 N–H and O–H groups in total. The van der Waals surface area contributed by atoms with Crippen molar-refractivity contribution in [3.8, 4) is 0 Å². The van der Waals surface area contributed by atoms with Crippen LogP contribution in [0.4, 0.5) is 17.6 Å². The molecule has 1 aromatic heterocycles. The fourth-order valence-electron chi connectivity index (χ4n) is 4.04. The van der Waals surface area contributed by atoms with Crippen molar-refractivity contribution in [2.24, 2.45) is 5.73 Å². The number of hydrogen-bond acceptors (Lipinski definition) is 6. The van der Waals surface area contributed by atoms with E-state index in [1.807, 2.05) is 6.92 Å². The number of aliphatic hydroxyl groups excluding tert-OH is 1. The van der Waals surface area contributed by atoms with Crippen molar-refractivity contribution in [3.63, 3.8) is 0 Å². The largest absolute Gasteiger partial charge is 0.433 e. The maximum Gasteiger partial charge on any atom is 0.433 e. The Morgan fingerprint density at radius 3 is 2.64 bits per heavy atom. The molecule has 0 saturated carbocycles. The number of rotatable bonds is 6. The van der Waals surface area contributed by atoms with Crippen LogP contribution >= 0.6 is 12.4 Å². The van der Waals surface area contributed by atoms with Gasteiger partial charge in [0, 0.05) is 44.0 Å². The highest BCUT2D eigenvalue weighted by atomic mass is 35.5. The molecule has 0 spiro atoms. The monoisotopic (exact) mass is 497 g/mol. The Balaban J connectivity index is 0.00000385. The fourth-order valence-corrected chi connectivity index (χ4v) is 4.04. The van der Waals surface area contributed by atoms with E-state index in [-0.39, 0.29) is 81.2 Å². The summed E-state index contributed by atoms with van der Waals surface area (Å²) in [6.07, 6.45) is -7.29. The summed E-state index contributed by atoms with van der Waals surface area (Å²) in [7, 11) is 0. The van der Waals surface area contributed by atoms with E-state index in [1.54, 1.807) is 0 Å². The lowest BCUT2D eigenvalue weighted by atomic mass is 10.0. The summed E-state index contributed by atoms with van der Waals surface area (Å²) in [6, 6.07) is -0.861. The van der Waals surface area contributed by atoms with Gasteiger partial charge in [-0.05, 0) is 19.3 Å². The number of halogens is 5. The number of nitrogens with two attached hydrogens (primary N) is 1. The van der Waals surface area contributed by atoms with Gasteiger partial charge in [0.05, 0.1) is 12.2 Å². The zero-order chi connectivity index (χ0) is 23.6. The van der Waals surface area contributed by atoms with Gasteiger partial charge < -0.3 is 20.6 Å². The van der Waals surface area contributed by atoms with Crippen molar-refractivity contribution in [3.05, 3.63) is 22.8 Å². The lowest BCUT2D eigenvalue weighted by molar-refractivity contribution is -0.155. The van der Waals surface area contributed by atoms with Gasteiger partial charge in [-0.2, -0.15) is 13.2 Å². The van der Waals surface area contributed by atoms with E-state index >= 15 is 0 Å². The molecular weight excluding hydrogens is 470 g/mol. The molecule has 1 aromatic rings. The number of carbonyl (C=O) groups is 2. The number of nitrogens with zero attached hydrogens (tertiary/aromatic N) is 4. The second-order valence-electron chi connectivity index (χ2n) is 8.21. The lowest BCUT2D eigenvalue weighted by Crippen LogP contribution is -2.54. The number of carbonyl (C=O) groups excluding carboxylic acids is 2. The molecule has 0 aromatic carbocycles. The normalized spacial score (nSPS) is 22.0. The molecule has 1 fully saturated rings. The third-order valence-electron chi connectivity index (χ3n) is 5.67. The summed E-state index contributed by atoms with van der Waals surface area (Å²) < 4.78 is 54.1. The number of piperidine rings is 1. The number of aryl methyl sites for hydroxylation is 1. The van der Waals surface area contributed by atoms with Crippen molar-refractivity contribution in [1.82, 2.24) is 19.8 Å². The van der Waals surface area contributed by atoms with Gasteiger partial charge in [-0.3, -0.25) is 9.59 Å². The number of aliphatic hydroxyl groups is 1. The van der Waals surface area contributed by atoms with Crippen molar-refractivity contribution in [1.29, 1.82) is 0 Å². The van der Waals surface area contributed by atoms with Gasteiger partial charge in [-0.25, -0.2) is 14.4 Å². The van der Waals surface area contributed by atoms with Crippen molar-refractivity contribution in [2.45, 2.75) is 76.6 Å². The Hall–Kier alpha value is -2.05. The van der Waals surface area contributed by atoms with Gasteiger partial charge in [0.1, 0.15) is 12.0 Å². The molecule has 2 aliphatic rings. The van der Waals surface area contributed by atoms with Crippen LogP contribution in [0.1, 0.15) is 55.4 Å². The Kier molecular flexibility index (Phi) is 9.00. The van der Waals surface area contributed by atoms with Crippen LogP contribution in [0.2, 0.25) is 0 Å². The second-order valence-corrected chi connectivity index (χ2v) is 8.21. The zero-order valence-electron chi connectivity index (χ0n) is 18.1. The Morgan fingerprint density at radius 2 is 2.00 bits per heavy atom. The molecule has 0 radical (unpaired) electrons. The molecule has 3 rings (SSSR count). The standard InChI is InChI=1S/C20H27F4N5O3.ClH/c1-2-3-15-26-14-10-28(7-6-12(14)18(27-15)20(22,23)24)17(31)8-11(25)9-29-16(30)5-4-13(21)19(29)32;/h11,13,19,32H,2-10,25H2,1H3;1H/t11-,13?,19?;/m0./s1. The molecule has 186 valence electrons. The highest BCUT2D eigenvalue weighted by molar-refractivity contribution is 5.85. The number of alkyl halides is 4. The number of fused-ring (bicyclic) bond motifs is 1. The summed E-state index contributed by atoms with van der Waals surface area (Å²) in [5.41, 5.74) is 5.20. The first-order valence-corrected chi connectivity index (χ1v) is 10.6. The molecule has 2 unspecified atom stereocenters. The van der Waals surface area contributed by atoms with Gasteiger partial charge >= 0.3 is 6.18 Å². The summed E-state index contributed by atoms with van der Waals surface area (Å²) in [4.78, 5) is 34.9. The Morgan fingerprint density at radius 1 is 1.30 bits per heavy atom. The molecule has 3 atom stereocenters. The predicted molar refractivity (Wildman–Crippen MR) is 112 cm³/mol. The van der Waals surface area contributed by atoms with Crippen LogP contribution in [-0.2, 0) is 35.2 Å². The molecule has 2 amide bonds. The van der Waals surface area contributed by atoms with Crippen molar-refractivity contribution < 1.29 is 32.3 Å². The minimum absolute atomic E-state index is 0. The second kappa shape index (κ2) is 10.9. The summed E-state index contributed by atoms with van der Waals surface area (Å²) in [5, 5.41) is 9.88. The molecule has 0 bridgehead atoms. The number of amides is 2. The van der Waals surface area contributed by atoms with E-state index < -0.39 is 42.1 Å². The van der Waals surface area contributed by atoms with E-state index in [0.717, 1.165) is 4.90 Å². The van der Waals surface area contributed by atoms with Crippen LogP contribution in [0.5, 0.6) is 0 Å². The smallest absolute Gasteiger partial charge is 0.370 e. The zero-order valence-corrected chi connectivity index (χ0v) is 19.0. The van der Waals surface area contributed by atoms with Crippen LogP contribution in [-0.4, -0.2) is 68.2 Å². The first-order valence-electron chi connectivity index (χ1n) is 10.6. The SMILES string of the molecule is CCCc1nc2c(c(C(F)(F)F)n1)CCN(C(=O)C[C@H](N)CN1C(=O)CCC(F)C1O)C2.Cl. The summed E-state index contributed by atoms with van der Waals surface area (Å²) >= 11 is 0. The van der Waals surface area contributed by atoms with Crippen molar-refractivity contribution in [2.75, 3.05) is 13.1 Å². The highest BCUT2D eigenvalue weighted by Gasteiger charge is 2.39. The highest BCUT2D eigenvalue weighted by Crippen LogP contribution is 2.34. The van der Waals surface area contributed by atoms with E-state index in [4.69, 9.17) is 5.73 Å². The first-order chi connectivity index (χ1) is 15.0. The van der Waals surface area contributed by atoms with Gasteiger partial charge in [-0.15, -0.1) is 12.4 Å². The number of likely N-dealkylation sites (tertiary alicyclic amines) is 1. The van der Waals surface area contributed by atoms with E-state index in [9.17, 15) is 32.3 Å². The molecule has 0 aliphatic carbocycles. The average molecular weight is 498 g/mol. The molecule has 1 saturated heterocycles. The predicted octanol–water partition coefficient (Wildman–Crippen LogP) is 1.75. The van der Waals surface area contributed by atoms with Crippen LogP contribution in [0.3, 0.4) is 0 Å². The molecular formula is C20H28ClF4N5O3. The van der Waals surface area contributed by atoms with Crippen LogP contribution in [0.15, 0.2) is 0 Å². The number of aromatic nitrogens is 2. The minimum atomic E-state index is -4.61. The van der Waals surface area contributed by atoms with Crippen LogP contribution in [0.25, 0.3) is 0 Å². The van der Waals surface area contributed by atoms with E-state index in [1.165, 1.54) is 4.90 Å². The topological polar surface area (TPSA) is 113 Å². The van der Waals surface area contributed by atoms with Gasteiger partial charge in [-0.1, -0.05) is 6.92 Å².